The number of hydrogen-bond acceptors (Lipinski definition) is 2. The van der Waals surface area contributed by atoms with E-state index in [0.29, 0.717) is 13.1 Å². The van der Waals surface area contributed by atoms with Crippen LogP contribution in [0.3, 0.4) is 0 Å². The van der Waals surface area contributed by atoms with Gasteiger partial charge in [-0.25, -0.2) is 9.74 Å². The molecule has 0 aromatic carbocycles. The minimum Gasteiger partial charge on any atom is -0.306 e. The van der Waals surface area contributed by atoms with E-state index < -0.39 is 6.09 Å². The number of hydrogen-bond donors (Lipinski definition) is 0. The molecule has 0 aliphatic carbocycles. The Morgan fingerprint density at radius 3 is 2.46 bits per heavy atom. The first-order valence-electron chi connectivity index (χ1n) is 4.83. The third kappa shape index (κ3) is 5.44. The van der Waals surface area contributed by atoms with Crippen LogP contribution in [-0.4, -0.2) is 24.1 Å². The fourth-order valence-corrected chi connectivity index (χ4v) is 1.16. The minimum absolute atomic E-state index is 0.495. The van der Waals surface area contributed by atoms with Gasteiger partial charge in [0, 0.05) is 17.6 Å². The van der Waals surface area contributed by atoms with Gasteiger partial charge in [-0.05, 0) is 13.3 Å². The summed E-state index contributed by atoms with van der Waals surface area (Å²) in [6.07, 6.45) is 3.42. The van der Waals surface area contributed by atoms with Crippen LogP contribution in [0.5, 0.6) is 0 Å². The number of carbonyl (C=O) groups excluding carboxylic acids is 1. The van der Waals surface area contributed by atoms with Crippen LogP contribution in [0.25, 0.3) is 0 Å². The van der Waals surface area contributed by atoms with Crippen LogP contribution >= 0.6 is 0 Å². The largest absolute Gasteiger partial charge is 0.447 e. The number of rotatable bonds is 6. The Balaban J connectivity index is 3.53. The van der Waals surface area contributed by atoms with E-state index in [1.807, 2.05) is 0 Å². The van der Waals surface area contributed by atoms with Crippen LogP contribution in [-0.2, 0) is 4.94 Å². The molecule has 0 spiro atoms. The smallest absolute Gasteiger partial charge is 0.306 e. The zero-order valence-corrected chi connectivity index (χ0v) is 8.38. The SMILES string of the molecule is CCCCCCN(CC)C(=O)OF. The fourth-order valence-electron chi connectivity index (χ4n) is 1.16. The highest BCUT2D eigenvalue weighted by Gasteiger charge is 2.12. The lowest BCUT2D eigenvalue weighted by Gasteiger charge is -2.16. The highest BCUT2D eigenvalue weighted by atomic mass is 19.3. The molecular weight excluding hydrogens is 173 g/mol. The van der Waals surface area contributed by atoms with E-state index in [2.05, 4.69) is 11.9 Å². The van der Waals surface area contributed by atoms with Gasteiger partial charge in [-0.1, -0.05) is 26.2 Å². The van der Waals surface area contributed by atoms with Crippen molar-refractivity contribution >= 4 is 6.09 Å². The summed E-state index contributed by atoms with van der Waals surface area (Å²) in [5, 5.41) is 0. The van der Waals surface area contributed by atoms with Crippen LogP contribution in [0, 0.1) is 0 Å². The molecule has 0 aliphatic rings. The summed E-state index contributed by atoms with van der Waals surface area (Å²) in [6.45, 7) is 5.00. The molecule has 0 aliphatic heterocycles. The zero-order chi connectivity index (χ0) is 10.1. The van der Waals surface area contributed by atoms with Crippen molar-refractivity contribution in [3.8, 4) is 0 Å². The molecular formula is C9H18FNO2. The molecule has 0 saturated carbocycles. The average molecular weight is 191 g/mol. The summed E-state index contributed by atoms with van der Waals surface area (Å²) in [4.78, 5) is 15.2. The maximum atomic E-state index is 11.5. The molecule has 0 N–H and O–H groups in total. The van der Waals surface area contributed by atoms with Gasteiger partial charge >= 0.3 is 6.09 Å². The maximum Gasteiger partial charge on any atom is 0.447 e. The van der Waals surface area contributed by atoms with Crippen molar-refractivity contribution in [1.29, 1.82) is 0 Å². The summed E-state index contributed by atoms with van der Waals surface area (Å²) in [7, 11) is 0. The average Bonchev–Trinajstić information content (AvgIpc) is 2.17. The summed E-state index contributed by atoms with van der Waals surface area (Å²) >= 11 is 0. The highest BCUT2D eigenvalue weighted by Crippen LogP contribution is 2.02. The van der Waals surface area contributed by atoms with E-state index in [1.54, 1.807) is 6.92 Å². The maximum absolute atomic E-state index is 11.5. The molecule has 0 saturated heterocycles. The van der Waals surface area contributed by atoms with Gasteiger partial charge in [0.25, 0.3) is 0 Å². The summed E-state index contributed by atoms with van der Waals surface area (Å²) < 4.78 is 11.5. The molecule has 0 aromatic heterocycles. The molecule has 1 amide bonds. The summed E-state index contributed by atoms with van der Waals surface area (Å²) in [5.41, 5.74) is 0. The van der Waals surface area contributed by atoms with Crippen molar-refractivity contribution in [3.63, 3.8) is 0 Å². The van der Waals surface area contributed by atoms with Gasteiger partial charge in [-0.3, -0.25) is 0 Å². The number of unbranched alkanes of at least 4 members (excludes halogenated alkanes) is 3. The Hall–Kier alpha value is -0.800. The third-order valence-electron chi connectivity index (χ3n) is 1.99. The fraction of sp³-hybridized carbons (Fsp3) is 0.889. The Labute approximate surface area is 78.8 Å². The predicted molar refractivity (Wildman–Crippen MR) is 49.0 cm³/mol. The Kier molecular flexibility index (Phi) is 7.35. The van der Waals surface area contributed by atoms with Crippen molar-refractivity contribution in [1.82, 2.24) is 4.90 Å². The quantitative estimate of drug-likeness (QED) is 0.604. The molecule has 0 radical (unpaired) electrons. The number of amides is 1. The lowest BCUT2D eigenvalue weighted by atomic mass is 10.2. The topological polar surface area (TPSA) is 29.5 Å². The molecule has 0 aromatic rings. The molecule has 13 heavy (non-hydrogen) atoms. The number of halogens is 1. The number of carbonyl (C=O) groups is 1. The van der Waals surface area contributed by atoms with E-state index in [1.165, 1.54) is 4.90 Å². The first-order valence-corrected chi connectivity index (χ1v) is 4.83. The number of nitrogens with zero attached hydrogens (tertiary/aromatic N) is 1. The van der Waals surface area contributed by atoms with E-state index in [-0.39, 0.29) is 0 Å². The Morgan fingerprint density at radius 2 is 2.00 bits per heavy atom. The highest BCUT2D eigenvalue weighted by molar-refractivity contribution is 5.66. The lowest BCUT2D eigenvalue weighted by molar-refractivity contribution is -0.0792. The van der Waals surface area contributed by atoms with Crippen LogP contribution in [0.15, 0.2) is 0 Å². The molecule has 78 valence electrons. The van der Waals surface area contributed by atoms with Crippen molar-refractivity contribution in [2.75, 3.05) is 13.1 Å². The second-order valence-electron chi connectivity index (χ2n) is 2.98. The van der Waals surface area contributed by atoms with Crippen molar-refractivity contribution in [3.05, 3.63) is 0 Å². The molecule has 0 rings (SSSR count). The van der Waals surface area contributed by atoms with E-state index >= 15 is 0 Å². The Bertz CT molecular complexity index is 142. The van der Waals surface area contributed by atoms with Gasteiger partial charge in [0.15, 0.2) is 0 Å². The third-order valence-corrected chi connectivity index (χ3v) is 1.99. The molecule has 3 nitrogen and oxygen atoms in total. The predicted octanol–water partition coefficient (Wildman–Crippen LogP) is 2.91. The van der Waals surface area contributed by atoms with Crippen LogP contribution in [0.1, 0.15) is 39.5 Å². The standard InChI is InChI=1S/C9H18FNO2/c1-3-5-6-7-8-11(4-2)9(12)13-10/h3-8H2,1-2H3. The second kappa shape index (κ2) is 7.83. The van der Waals surface area contributed by atoms with Gasteiger partial charge in [-0.15, -0.1) is 0 Å². The van der Waals surface area contributed by atoms with E-state index in [0.717, 1.165) is 25.7 Å². The first kappa shape index (κ1) is 12.2. The normalized spacial score (nSPS) is 9.77. The van der Waals surface area contributed by atoms with Gasteiger partial charge in [0.1, 0.15) is 0 Å². The van der Waals surface area contributed by atoms with E-state index in [9.17, 15) is 9.32 Å². The molecule has 0 unspecified atom stereocenters. The summed E-state index contributed by atoms with van der Waals surface area (Å²) in [5.74, 6) is 0. The minimum atomic E-state index is -0.876. The van der Waals surface area contributed by atoms with Crippen molar-refractivity contribution < 1.29 is 14.3 Å². The van der Waals surface area contributed by atoms with Crippen molar-refractivity contribution in [2.24, 2.45) is 0 Å². The lowest BCUT2D eigenvalue weighted by Crippen LogP contribution is -2.30. The summed E-state index contributed by atoms with van der Waals surface area (Å²) in [6, 6.07) is 0. The zero-order valence-electron chi connectivity index (χ0n) is 8.38. The molecule has 0 bridgehead atoms. The van der Waals surface area contributed by atoms with Crippen LogP contribution < -0.4 is 0 Å². The molecule has 0 atom stereocenters. The van der Waals surface area contributed by atoms with Gasteiger partial charge in [0.2, 0.25) is 0 Å². The van der Waals surface area contributed by atoms with Gasteiger partial charge < -0.3 is 4.90 Å². The Morgan fingerprint density at radius 1 is 1.31 bits per heavy atom. The molecule has 0 heterocycles. The van der Waals surface area contributed by atoms with Gasteiger partial charge in [0.05, 0.1) is 0 Å². The van der Waals surface area contributed by atoms with Crippen molar-refractivity contribution in [2.45, 2.75) is 39.5 Å². The first-order chi connectivity index (χ1) is 6.26. The monoisotopic (exact) mass is 191 g/mol. The molecule has 4 heteroatoms. The van der Waals surface area contributed by atoms with Crippen LogP contribution in [0.4, 0.5) is 9.32 Å². The van der Waals surface area contributed by atoms with Crippen LogP contribution in [0.2, 0.25) is 0 Å². The molecule has 0 fully saturated rings. The van der Waals surface area contributed by atoms with E-state index in [4.69, 9.17) is 0 Å². The second-order valence-corrected chi connectivity index (χ2v) is 2.98. The van der Waals surface area contributed by atoms with Gasteiger partial charge in [-0.2, -0.15) is 0 Å².